The number of anilines is 2. The van der Waals surface area contributed by atoms with Crippen molar-refractivity contribution in [3.05, 3.63) is 52.9 Å². The number of carbonyl (C=O) groups is 1. The first-order valence-corrected chi connectivity index (χ1v) is 12.5. The lowest BCUT2D eigenvalue weighted by Crippen LogP contribution is -2.49. The summed E-state index contributed by atoms with van der Waals surface area (Å²) in [7, 11) is 0. The number of thiazole rings is 1. The number of alkyl halides is 6. The minimum absolute atomic E-state index is 0.126. The van der Waals surface area contributed by atoms with E-state index in [0.717, 1.165) is 17.8 Å². The SMILES string of the molecule is Cc1cc(Nc2nccc(C(F)(F)F)n2)cc(-c2cnc(C3(O)CCC(NC(=O)C(O)C(F)(F)F)CC3)s2)c1. The normalized spacial score (nSPS) is 20.9. The molecule has 1 atom stereocenters. The first kappa shape index (κ1) is 28.7. The number of aliphatic hydroxyl groups excluding tert-OH is 1. The van der Waals surface area contributed by atoms with E-state index in [9.17, 15) is 36.2 Å². The van der Waals surface area contributed by atoms with Crippen LogP contribution in [0.2, 0.25) is 0 Å². The summed E-state index contributed by atoms with van der Waals surface area (Å²) in [6.07, 6.45) is -9.65. The van der Waals surface area contributed by atoms with Gasteiger partial charge in [-0.05, 0) is 61.9 Å². The number of aliphatic hydroxyl groups is 2. The molecule has 1 aliphatic rings. The summed E-state index contributed by atoms with van der Waals surface area (Å²) in [6.45, 7) is 1.79. The third-order valence-corrected chi connectivity index (χ3v) is 7.43. The molecule has 15 heteroatoms. The monoisotopic (exact) mass is 575 g/mol. The van der Waals surface area contributed by atoms with Crippen LogP contribution in [0, 0.1) is 6.92 Å². The number of nitrogens with one attached hydrogen (secondary N) is 2. The summed E-state index contributed by atoms with van der Waals surface area (Å²) in [5.74, 6) is -1.76. The van der Waals surface area contributed by atoms with E-state index in [1.165, 1.54) is 11.3 Å². The number of hydrogen-bond acceptors (Lipinski definition) is 8. The van der Waals surface area contributed by atoms with Crippen LogP contribution >= 0.6 is 11.3 Å². The molecule has 1 fully saturated rings. The molecular formula is C24H23F6N5O3S. The molecule has 39 heavy (non-hydrogen) atoms. The molecule has 2 aromatic heterocycles. The minimum Gasteiger partial charge on any atom is -0.383 e. The number of amides is 1. The highest BCUT2D eigenvalue weighted by Gasteiger charge is 2.45. The van der Waals surface area contributed by atoms with Gasteiger partial charge in [0, 0.05) is 24.1 Å². The molecule has 0 radical (unpaired) electrons. The first-order chi connectivity index (χ1) is 18.1. The van der Waals surface area contributed by atoms with E-state index in [0.29, 0.717) is 21.1 Å². The molecule has 0 aliphatic heterocycles. The standard InChI is InChI=1S/C24H23F6N5O3S/c1-12-8-13(10-15(9-12)34-21-31-7-4-17(35-21)23(25,26)27)16-11-32-20(39-16)22(38)5-2-14(3-6-22)33-19(37)18(36)24(28,29)30/h4,7-11,14,18,36,38H,2-3,5-6H2,1H3,(H,33,37)(H,31,34,35). The van der Waals surface area contributed by atoms with Crippen molar-refractivity contribution >= 4 is 28.9 Å². The number of hydrogen-bond donors (Lipinski definition) is 4. The molecule has 0 bridgehead atoms. The Morgan fingerprint density at radius 1 is 1.13 bits per heavy atom. The quantitative estimate of drug-likeness (QED) is 0.311. The predicted octanol–water partition coefficient (Wildman–Crippen LogP) is 4.84. The zero-order chi connectivity index (χ0) is 28.6. The van der Waals surface area contributed by atoms with Crippen molar-refractivity contribution in [1.82, 2.24) is 20.3 Å². The van der Waals surface area contributed by atoms with E-state index in [2.05, 4.69) is 25.6 Å². The Morgan fingerprint density at radius 2 is 1.82 bits per heavy atom. The number of aromatic nitrogens is 3. The Labute approximate surface area is 222 Å². The average Bonchev–Trinajstić information content (AvgIpc) is 3.35. The lowest BCUT2D eigenvalue weighted by atomic mass is 9.82. The van der Waals surface area contributed by atoms with Crippen molar-refractivity contribution in [2.24, 2.45) is 0 Å². The van der Waals surface area contributed by atoms with E-state index < -0.39 is 41.7 Å². The molecule has 3 aromatic rings. The van der Waals surface area contributed by atoms with Crippen molar-refractivity contribution < 1.29 is 41.4 Å². The Bertz CT molecular complexity index is 1340. The Morgan fingerprint density at radius 3 is 2.46 bits per heavy atom. The second kappa shape index (κ2) is 10.7. The largest absolute Gasteiger partial charge is 0.433 e. The van der Waals surface area contributed by atoms with Gasteiger partial charge >= 0.3 is 12.4 Å². The number of benzene rings is 1. The van der Waals surface area contributed by atoms with Gasteiger partial charge in [-0.3, -0.25) is 4.79 Å². The van der Waals surface area contributed by atoms with Crippen LogP contribution in [0.25, 0.3) is 10.4 Å². The van der Waals surface area contributed by atoms with Crippen LogP contribution in [-0.4, -0.2) is 49.4 Å². The van der Waals surface area contributed by atoms with Gasteiger partial charge in [0.05, 0.1) is 4.88 Å². The molecule has 210 valence electrons. The summed E-state index contributed by atoms with van der Waals surface area (Å²) >= 11 is 1.20. The summed E-state index contributed by atoms with van der Waals surface area (Å²) < 4.78 is 76.6. The molecule has 4 N–H and O–H groups in total. The fraction of sp³-hybridized carbons (Fsp3) is 0.417. The predicted molar refractivity (Wildman–Crippen MR) is 129 cm³/mol. The van der Waals surface area contributed by atoms with Gasteiger partial charge in [-0.25, -0.2) is 15.0 Å². The van der Waals surface area contributed by atoms with Gasteiger partial charge in [-0.15, -0.1) is 11.3 Å². The number of rotatable bonds is 6. The van der Waals surface area contributed by atoms with Crippen molar-refractivity contribution in [2.45, 2.75) is 62.7 Å². The van der Waals surface area contributed by atoms with Gasteiger partial charge in [-0.1, -0.05) is 6.07 Å². The molecule has 8 nitrogen and oxygen atoms in total. The van der Waals surface area contributed by atoms with Crippen LogP contribution < -0.4 is 10.6 Å². The molecule has 2 heterocycles. The zero-order valence-corrected chi connectivity index (χ0v) is 21.1. The Balaban J connectivity index is 1.45. The topological polar surface area (TPSA) is 120 Å². The lowest BCUT2D eigenvalue weighted by Gasteiger charge is -2.35. The maximum absolute atomic E-state index is 13.0. The summed E-state index contributed by atoms with van der Waals surface area (Å²) in [5, 5.41) is 25.6. The molecule has 4 rings (SSSR count). The zero-order valence-electron chi connectivity index (χ0n) is 20.3. The Kier molecular flexibility index (Phi) is 7.87. The highest BCUT2D eigenvalue weighted by Crippen LogP contribution is 2.41. The van der Waals surface area contributed by atoms with Crippen molar-refractivity contribution in [1.29, 1.82) is 0 Å². The van der Waals surface area contributed by atoms with Gasteiger partial charge in [0.2, 0.25) is 12.1 Å². The number of aryl methyl sites for hydroxylation is 1. The van der Waals surface area contributed by atoms with E-state index in [4.69, 9.17) is 5.11 Å². The van der Waals surface area contributed by atoms with Crippen molar-refractivity contribution in [3.63, 3.8) is 0 Å². The van der Waals surface area contributed by atoms with Crippen LogP contribution in [0.1, 0.15) is 41.9 Å². The summed E-state index contributed by atoms with van der Waals surface area (Å²) in [4.78, 5) is 24.0. The summed E-state index contributed by atoms with van der Waals surface area (Å²) in [6, 6.07) is 5.34. The average molecular weight is 576 g/mol. The van der Waals surface area contributed by atoms with Crippen LogP contribution in [0.3, 0.4) is 0 Å². The van der Waals surface area contributed by atoms with E-state index in [-0.39, 0.29) is 31.6 Å². The molecule has 1 saturated carbocycles. The van der Waals surface area contributed by atoms with Gasteiger partial charge < -0.3 is 20.8 Å². The van der Waals surface area contributed by atoms with Crippen molar-refractivity contribution in [2.75, 3.05) is 5.32 Å². The second-order valence-corrected chi connectivity index (χ2v) is 10.3. The van der Waals surface area contributed by atoms with Gasteiger partial charge in [0.1, 0.15) is 16.3 Å². The third-order valence-electron chi connectivity index (χ3n) is 6.19. The maximum Gasteiger partial charge on any atom is 0.433 e. The summed E-state index contributed by atoms with van der Waals surface area (Å²) in [5.41, 5.74) is -0.537. The van der Waals surface area contributed by atoms with E-state index in [1.54, 1.807) is 25.3 Å². The van der Waals surface area contributed by atoms with Crippen LogP contribution in [0.4, 0.5) is 38.0 Å². The maximum atomic E-state index is 13.0. The smallest absolute Gasteiger partial charge is 0.383 e. The second-order valence-electron chi connectivity index (χ2n) is 9.26. The van der Waals surface area contributed by atoms with Gasteiger partial charge in [0.25, 0.3) is 5.91 Å². The van der Waals surface area contributed by atoms with Crippen LogP contribution in [0.5, 0.6) is 0 Å². The molecule has 1 unspecified atom stereocenters. The highest BCUT2D eigenvalue weighted by molar-refractivity contribution is 7.15. The third kappa shape index (κ3) is 6.83. The molecule has 1 aromatic carbocycles. The molecule has 0 saturated heterocycles. The number of halogens is 6. The number of nitrogens with zero attached hydrogens (tertiary/aromatic N) is 3. The molecule has 1 amide bonds. The van der Waals surface area contributed by atoms with Crippen LogP contribution in [0.15, 0.2) is 36.7 Å². The minimum atomic E-state index is -5.07. The lowest BCUT2D eigenvalue weighted by molar-refractivity contribution is -0.205. The van der Waals surface area contributed by atoms with Crippen molar-refractivity contribution in [3.8, 4) is 10.4 Å². The first-order valence-electron chi connectivity index (χ1n) is 11.7. The highest BCUT2D eigenvalue weighted by atomic mass is 32.1. The van der Waals surface area contributed by atoms with E-state index in [1.807, 2.05) is 6.07 Å². The van der Waals surface area contributed by atoms with Gasteiger partial charge in [0.15, 0.2) is 0 Å². The fourth-order valence-electron chi connectivity index (χ4n) is 4.21. The van der Waals surface area contributed by atoms with Gasteiger partial charge in [-0.2, -0.15) is 26.3 Å². The Hall–Kier alpha value is -3.30. The van der Waals surface area contributed by atoms with E-state index >= 15 is 0 Å². The molecular weight excluding hydrogens is 552 g/mol. The number of carbonyl (C=O) groups excluding carboxylic acids is 1. The van der Waals surface area contributed by atoms with Crippen LogP contribution in [-0.2, 0) is 16.6 Å². The molecule has 0 spiro atoms. The fourth-order valence-corrected chi connectivity index (χ4v) is 5.26. The molecule has 1 aliphatic carbocycles.